The summed E-state index contributed by atoms with van der Waals surface area (Å²) in [5.74, 6) is 0.280. The molecule has 4 aliphatic carbocycles. The molecule has 5 rings (SSSR count). The standard InChI is InChI=1S/C21H25N3O7/c1-30-17-3-2-15(24(28)29)7-16(17)19(26)31-11-18(25)22-20(27)23-21-8-12-4-13(9-21)6-14(5-12)10-21/h2-3,7,12-14H,4-6,8-11H2,1H3,(H2,22,23,25,27). The number of hydrogen-bond acceptors (Lipinski definition) is 7. The van der Waals surface area contributed by atoms with Crippen LogP contribution in [0.15, 0.2) is 18.2 Å². The maximum atomic E-state index is 12.4. The van der Waals surface area contributed by atoms with E-state index in [4.69, 9.17) is 9.47 Å². The van der Waals surface area contributed by atoms with Gasteiger partial charge in [-0.3, -0.25) is 20.2 Å². The van der Waals surface area contributed by atoms with Crippen molar-refractivity contribution in [1.82, 2.24) is 10.6 Å². The normalized spacial score (nSPS) is 28.0. The molecule has 0 heterocycles. The van der Waals surface area contributed by atoms with Crippen LogP contribution in [-0.2, 0) is 9.53 Å². The van der Waals surface area contributed by atoms with Crippen molar-refractivity contribution in [2.24, 2.45) is 17.8 Å². The van der Waals surface area contributed by atoms with E-state index in [-0.39, 0.29) is 22.5 Å². The summed E-state index contributed by atoms with van der Waals surface area (Å²) in [6.07, 6.45) is 6.54. The van der Waals surface area contributed by atoms with Gasteiger partial charge in [0.05, 0.1) is 12.0 Å². The van der Waals surface area contributed by atoms with Crippen LogP contribution in [0, 0.1) is 27.9 Å². The maximum Gasteiger partial charge on any atom is 0.342 e. The van der Waals surface area contributed by atoms with E-state index in [0.717, 1.165) is 25.3 Å². The highest BCUT2D eigenvalue weighted by Gasteiger charge is 2.51. The van der Waals surface area contributed by atoms with Gasteiger partial charge in [0.2, 0.25) is 0 Å². The van der Waals surface area contributed by atoms with E-state index in [2.05, 4.69) is 10.6 Å². The molecular weight excluding hydrogens is 406 g/mol. The SMILES string of the molecule is COc1ccc([N+](=O)[O-])cc1C(=O)OCC(=O)NC(=O)NC12CC3CC(CC(C3)C1)C2. The summed E-state index contributed by atoms with van der Waals surface area (Å²) in [5, 5.41) is 16.1. The monoisotopic (exact) mass is 431 g/mol. The van der Waals surface area contributed by atoms with E-state index in [1.54, 1.807) is 0 Å². The van der Waals surface area contributed by atoms with Crippen molar-refractivity contribution in [3.8, 4) is 5.75 Å². The molecule has 4 aliphatic rings. The molecule has 0 atom stereocenters. The summed E-state index contributed by atoms with van der Waals surface area (Å²) < 4.78 is 9.95. The van der Waals surface area contributed by atoms with Crippen LogP contribution in [0.3, 0.4) is 0 Å². The second kappa shape index (κ2) is 8.16. The van der Waals surface area contributed by atoms with Gasteiger partial charge >= 0.3 is 12.0 Å². The molecule has 0 saturated heterocycles. The smallest absolute Gasteiger partial charge is 0.342 e. The van der Waals surface area contributed by atoms with Gasteiger partial charge < -0.3 is 14.8 Å². The predicted molar refractivity (Wildman–Crippen MR) is 108 cm³/mol. The van der Waals surface area contributed by atoms with E-state index < -0.39 is 29.4 Å². The molecule has 4 fully saturated rings. The summed E-state index contributed by atoms with van der Waals surface area (Å²) in [6, 6.07) is 2.89. The summed E-state index contributed by atoms with van der Waals surface area (Å²) >= 11 is 0. The molecule has 10 heteroatoms. The molecule has 0 unspecified atom stereocenters. The zero-order valence-corrected chi connectivity index (χ0v) is 17.2. The van der Waals surface area contributed by atoms with Gasteiger partial charge in [0, 0.05) is 17.7 Å². The van der Waals surface area contributed by atoms with Crippen molar-refractivity contribution in [3.05, 3.63) is 33.9 Å². The quantitative estimate of drug-likeness (QED) is 0.401. The number of hydrogen-bond donors (Lipinski definition) is 2. The Morgan fingerprint density at radius 3 is 2.29 bits per heavy atom. The Hall–Kier alpha value is -3.17. The summed E-state index contributed by atoms with van der Waals surface area (Å²) in [7, 11) is 1.31. The molecule has 10 nitrogen and oxygen atoms in total. The number of benzene rings is 1. The number of amides is 3. The largest absolute Gasteiger partial charge is 0.496 e. The second-order valence-electron chi connectivity index (χ2n) is 8.92. The number of imide groups is 1. The lowest BCUT2D eigenvalue weighted by Crippen LogP contribution is -2.62. The molecule has 0 spiro atoms. The molecule has 0 aromatic heterocycles. The highest BCUT2D eigenvalue weighted by molar-refractivity contribution is 5.98. The van der Waals surface area contributed by atoms with Crippen molar-refractivity contribution in [1.29, 1.82) is 0 Å². The highest BCUT2D eigenvalue weighted by atomic mass is 16.6. The molecule has 0 aliphatic heterocycles. The maximum absolute atomic E-state index is 12.4. The van der Waals surface area contributed by atoms with Gasteiger partial charge in [0.25, 0.3) is 11.6 Å². The van der Waals surface area contributed by atoms with E-state index in [1.807, 2.05) is 0 Å². The number of nitro benzene ring substituents is 1. The summed E-state index contributed by atoms with van der Waals surface area (Å²) in [5.41, 5.74) is -0.735. The van der Waals surface area contributed by atoms with Crippen LogP contribution in [-0.4, -0.2) is 42.1 Å². The van der Waals surface area contributed by atoms with Crippen molar-refractivity contribution in [3.63, 3.8) is 0 Å². The van der Waals surface area contributed by atoms with Crippen LogP contribution in [0.5, 0.6) is 5.75 Å². The lowest BCUT2D eigenvalue weighted by atomic mass is 9.53. The first-order valence-corrected chi connectivity index (χ1v) is 10.4. The first kappa shape index (κ1) is 21.1. The Kier molecular flexibility index (Phi) is 5.55. The zero-order valence-electron chi connectivity index (χ0n) is 17.2. The van der Waals surface area contributed by atoms with Gasteiger partial charge in [0.15, 0.2) is 6.61 Å². The number of carbonyl (C=O) groups excluding carboxylic acids is 3. The van der Waals surface area contributed by atoms with Gasteiger partial charge in [0.1, 0.15) is 11.3 Å². The van der Waals surface area contributed by atoms with Crippen LogP contribution in [0.4, 0.5) is 10.5 Å². The minimum atomic E-state index is -0.961. The molecule has 4 bridgehead atoms. The Bertz CT molecular complexity index is 894. The molecule has 31 heavy (non-hydrogen) atoms. The summed E-state index contributed by atoms with van der Waals surface area (Å²) in [6.45, 7) is -0.695. The minimum absolute atomic E-state index is 0.0792. The lowest BCUT2D eigenvalue weighted by molar-refractivity contribution is -0.384. The Balaban J connectivity index is 1.30. The fourth-order valence-corrected chi connectivity index (χ4v) is 5.88. The number of ether oxygens (including phenoxy) is 2. The third kappa shape index (κ3) is 4.47. The van der Waals surface area contributed by atoms with Gasteiger partial charge in [-0.15, -0.1) is 0 Å². The third-order valence-electron chi connectivity index (χ3n) is 6.62. The summed E-state index contributed by atoms with van der Waals surface area (Å²) in [4.78, 5) is 47.1. The number of non-ortho nitro benzene ring substituents is 1. The second-order valence-corrected chi connectivity index (χ2v) is 8.92. The Morgan fingerprint density at radius 2 is 1.74 bits per heavy atom. The van der Waals surface area contributed by atoms with Gasteiger partial charge in [-0.2, -0.15) is 0 Å². The molecule has 4 saturated carbocycles. The van der Waals surface area contributed by atoms with E-state index in [0.29, 0.717) is 17.8 Å². The predicted octanol–water partition coefficient (Wildman–Crippen LogP) is 2.55. The molecule has 3 amide bonds. The molecule has 166 valence electrons. The number of methoxy groups -OCH3 is 1. The number of nitrogens with one attached hydrogen (secondary N) is 2. The highest BCUT2D eigenvalue weighted by Crippen LogP contribution is 2.55. The van der Waals surface area contributed by atoms with Crippen LogP contribution in [0.2, 0.25) is 0 Å². The number of carbonyl (C=O) groups is 3. The van der Waals surface area contributed by atoms with Crippen LogP contribution < -0.4 is 15.4 Å². The van der Waals surface area contributed by atoms with Crippen molar-refractivity contribution >= 4 is 23.6 Å². The first-order valence-electron chi connectivity index (χ1n) is 10.4. The first-order chi connectivity index (χ1) is 14.8. The van der Waals surface area contributed by atoms with Crippen molar-refractivity contribution in [2.45, 2.75) is 44.1 Å². The number of nitro groups is 1. The minimum Gasteiger partial charge on any atom is -0.496 e. The fourth-order valence-electron chi connectivity index (χ4n) is 5.88. The van der Waals surface area contributed by atoms with Crippen LogP contribution in [0.25, 0.3) is 0 Å². The molecule has 1 aromatic rings. The molecule has 1 aromatic carbocycles. The molecule has 2 N–H and O–H groups in total. The number of urea groups is 1. The van der Waals surface area contributed by atoms with Gasteiger partial charge in [-0.25, -0.2) is 9.59 Å². The van der Waals surface area contributed by atoms with Gasteiger partial charge in [-0.1, -0.05) is 0 Å². The van der Waals surface area contributed by atoms with E-state index >= 15 is 0 Å². The van der Waals surface area contributed by atoms with Gasteiger partial charge in [-0.05, 0) is 62.3 Å². The van der Waals surface area contributed by atoms with E-state index in [1.165, 1.54) is 38.5 Å². The Labute approximate surface area is 178 Å². The number of esters is 1. The number of rotatable bonds is 6. The Morgan fingerprint density at radius 1 is 1.13 bits per heavy atom. The van der Waals surface area contributed by atoms with Crippen LogP contribution >= 0.6 is 0 Å². The topological polar surface area (TPSA) is 137 Å². The average molecular weight is 431 g/mol. The fraction of sp³-hybridized carbons (Fsp3) is 0.571. The number of nitrogens with zero attached hydrogens (tertiary/aromatic N) is 1. The van der Waals surface area contributed by atoms with Crippen molar-refractivity contribution in [2.75, 3.05) is 13.7 Å². The zero-order chi connectivity index (χ0) is 22.2. The van der Waals surface area contributed by atoms with E-state index in [9.17, 15) is 24.5 Å². The average Bonchev–Trinajstić information content (AvgIpc) is 2.69. The molecular formula is C21H25N3O7. The van der Waals surface area contributed by atoms with Crippen LogP contribution in [0.1, 0.15) is 48.9 Å². The lowest BCUT2D eigenvalue weighted by Gasteiger charge is -2.56. The molecule has 0 radical (unpaired) electrons. The van der Waals surface area contributed by atoms with Crippen molar-refractivity contribution < 1.29 is 28.8 Å². The third-order valence-corrected chi connectivity index (χ3v) is 6.62.